The number of aliphatic carboxylic acids is 1. The van der Waals surface area contributed by atoms with E-state index in [2.05, 4.69) is 176 Å². The van der Waals surface area contributed by atoms with Crippen molar-refractivity contribution in [3.05, 3.63) is 199 Å². The number of amides is 1. The van der Waals surface area contributed by atoms with Gasteiger partial charge in [-0.25, -0.2) is 36.3 Å². The molecule has 0 spiro atoms. The lowest BCUT2D eigenvalue weighted by Gasteiger charge is -2.28. The monoisotopic (exact) mass is 1970 g/mol. The van der Waals surface area contributed by atoms with Crippen LogP contribution in [0.15, 0.2) is 104 Å². The first-order chi connectivity index (χ1) is 47.1. The number of hydrogen-bond acceptors (Lipinski definition) is 17. The third-order valence-electron chi connectivity index (χ3n) is 11.8. The molecule has 3 aromatic heterocycles. The van der Waals surface area contributed by atoms with Gasteiger partial charge in [-0.05, 0) is 254 Å². The number of anilines is 3. The van der Waals surface area contributed by atoms with E-state index in [0.29, 0.717) is 62.0 Å². The summed E-state index contributed by atoms with van der Waals surface area (Å²) < 4.78 is 101. The van der Waals surface area contributed by atoms with Crippen LogP contribution in [0.2, 0.25) is 20.4 Å². The fraction of sp³-hybridized carbons (Fsp3) is 0.194. The van der Waals surface area contributed by atoms with Gasteiger partial charge in [0.25, 0.3) is 11.3 Å². The summed E-state index contributed by atoms with van der Waals surface area (Å²) in [5.74, 6) is -2.70. The Hall–Kier alpha value is -5.10. The summed E-state index contributed by atoms with van der Waals surface area (Å²) in [4.78, 5) is 74.5. The van der Waals surface area contributed by atoms with E-state index < -0.39 is 75.9 Å². The van der Waals surface area contributed by atoms with Gasteiger partial charge in [0.1, 0.15) is 39.9 Å². The second kappa shape index (κ2) is 44.1. The van der Waals surface area contributed by atoms with Crippen molar-refractivity contribution in [1.29, 1.82) is 0 Å². The Kier molecular flexibility index (Phi) is 41.1. The van der Waals surface area contributed by atoms with Crippen LogP contribution >= 0.6 is 181 Å². The third kappa shape index (κ3) is 30.0. The second-order valence-electron chi connectivity index (χ2n) is 20.0. The number of aldehydes is 1. The molecule has 13 N–H and O–H groups in total. The van der Waals surface area contributed by atoms with E-state index >= 15 is 0 Å². The zero-order chi connectivity index (χ0) is 78.9. The number of cyclic esters (lactones) is 2. The molecule has 102 heavy (non-hydrogen) atoms. The van der Waals surface area contributed by atoms with Gasteiger partial charge in [-0.2, -0.15) is 0 Å². The summed E-state index contributed by atoms with van der Waals surface area (Å²) >= 11 is 55.7. The molecule has 0 unspecified atom stereocenters. The average Bonchev–Trinajstić information content (AvgIpc) is 0.783. The van der Waals surface area contributed by atoms with E-state index in [1.165, 1.54) is 39.1 Å². The van der Waals surface area contributed by atoms with Crippen molar-refractivity contribution in [1.82, 2.24) is 20.4 Å². The predicted octanol–water partition coefficient (Wildman–Crippen LogP) is 20.6. The van der Waals surface area contributed by atoms with Crippen LogP contribution in [0.4, 0.5) is 43.4 Å². The Labute approximate surface area is 664 Å². The van der Waals surface area contributed by atoms with E-state index in [-0.39, 0.29) is 82.9 Å². The van der Waals surface area contributed by atoms with Crippen LogP contribution in [0.3, 0.4) is 0 Å². The first-order valence-electron chi connectivity index (χ1n) is 27.5. The number of nitrogen functional groups attached to an aromatic ring is 2. The Bertz CT molecular complexity index is 4620. The number of ether oxygens (including phenoxy) is 2. The SMILES string of the molecule is CC1(C)OC(=O)CC(=O)O1.CN.CNN.Cc1cc2c(Cl)c(C=O)c(Cl)nc2c(F)c1Br.Cc1cc2c(Cl)cc(Cl)nc2c(F)c1Br.Cc1cc2c(O)cc(=O)[nH]c2c(F)c1Br.Cc1ccc(N)c(F)c1Br.Cc1ccc(NC(=O)CC(=O)O)c(F)c1Br.Nc1cccc(Br)c1F.O=P(Cl)(Cl)Cl.[HH]. The van der Waals surface area contributed by atoms with E-state index in [1.54, 1.807) is 83.3 Å². The minimum Gasteiger partial charge on any atom is -0.507 e. The molecule has 0 aliphatic carbocycles. The molecule has 1 saturated heterocycles. The average molecular weight is 1980 g/mol. The van der Waals surface area contributed by atoms with Gasteiger partial charge in [0.15, 0.2) is 41.2 Å². The molecule has 0 saturated carbocycles. The number of aromatic nitrogens is 3. The number of halogens is 19. The van der Waals surface area contributed by atoms with Gasteiger partial charge >= 0.3 is 23.1 Å². The number of rotatable bonds is 4. The third-order valence-corrected chi connectivity index (χ3v) is 18.5. The van der Waals surface area contributed by atoms with Crippen molar-refractivity contribution in [2.24, 2.45) is 11.6 Å². The van der Waals surface area contributed by atoms with Crippen LogP contribution in [-0.4, -0.2) is 75.1 Å². The molecular formula is C62H59Br6Cl7F6N9O11P. The first-order valence-corrected chi connectivity index (χ1v) is 38.2. The summed E-state index contributed by atoms with van der Waals surface area (Å²) in [6.45, 7) is 11.8. The van der Waals surface area contributed by atoms with Crippen LogP contribution in [-0.2, 0) is 33.2 Å². The number of nitrogens with one attached hydrogen (secondary N) is 3. The summed E-state index contributed by atoms with van der Waals surface area (Å²) in [5, 5.41) is 18.7. The number of esters is 2. The van der Waals surface area contributed by atoms with Crippen LogP contribution in [0, 0.1) is 69.5 Å². The number of aromatic hydroxyl groups is 1. The van der Waals surface area contributed by atoms with E-state index in [9.17, 15) is 64.8 Å². The number of nitrogens with two attached hydrogens (primary N) is 4. The fourth-order valence-corrected chi connectivity index (χ4v) is 10.4. The molecule has 10 rings (SSSR count). The number of fused-ring (bicyclic) bond motifs is 3. The maximum absolute atomic E-state index is 13.9. The summed E-state index contributed by atoms with van der Waals surface area (Å²) in [5.41, 5.74) is 21.0. The molecule has 0 atom stereocenters. The van der Waals surface area contributed by atoms with E-state index in [1.807, 2.05) is 6.92 Å². The fourth-order valence-electron chi connectivity index (χ4n) is 7.32. The molecule has 1 aliphatic heterocycles. The number of H-pyrrole nitrogens is 1. The zero-order valence-electron chi connectivity index (χ0n) is 53.8. The summed E-state index contributed by atoms with van der Waals surface area (Å²) in [6, 6.07) is 18.7. The molecule has 40 heteroatoms. The predicted molar refractivity (Wildman–Crippen MR) is 415 cm³/mol. The van der Waals surface area contributed by atoms with Crippen molar-refractivity contribution in [2.45, 2.75) is 67.1 Å². The number of pyridine rings is 3. The summed E-state index contributed by atoms with van der Waals surface area (Å²) in [7, 11) is 3.15. The number of nitrogens with zero attached hydrogens (tertiary/aromatic N) is 2. The molecule has 1 amide bonds. The Morgan fingerprint density at radius 3 is 1.55 bits per heavy atom. The number of carboxylic acids is 1. The standard InChI is InChI=1S/C11H5BrCl2FNO.C10H5BrCl2FN.C10H9BrFNO3.C10H7BrFNO2.C7H7BrFN.C6H5BrFN.C6H8O4.CH6N2.CH5N.Cl3OP.H2/c1-4-2-5-8(13)6(3-17)11(14)16-10(5)9(15)7(4)12;1-4-2-5-6(12)3-7(13)15-10(5)9(14)8(4)11;1-5-2-3-6(10(12)9(5)11)13-7(14)4-8(15)16;1-4-2-5-6(14)3-7(15)13-10(5)9(12)8(4)11;1-4-2-3-5(10)7(9)6(4)8;7-4-2-1-3-5(9)6(4)8;1-6(2)9-4(7)3-5(8)10-6;1-3-2;1-2;1-5(2,3)4;/h2-3H,1H3;2-3H,1H3;2-3H,4H2,1H3,(H,13,14)(H,15,16);2-3H,1H3,(H2,13,14,15);2-3H,10H2,1H3;1-3H,9H2;3H2,1-2H3;3H,2H2,1H3;2H2,1H3;;1H. The number of hydrogen-bond donors (Lipinski definition) is 9. The largest absolute Gasteiger partial charge is 0.507 e. The van der Waals surface area contributed by atoms with Crippen LogP contribution in [0.1, 0.15) is 66.3 Å². The highest BCUT2D eigenvalue weighted by Crippen LogP contribution is 2.61. The topological polar surface area (TPSA) is 348 Å². The second-order valence-corrected chi connectivity index (χ2v) is 33.0. The molecule has 6 aromatic carbocycles. The van der Waals surface area contributed by atoms with Gasteiger partial charge in [-0.15, -0.1) is 0 Å². The molecule has 0 bridgehead atoms. The number of carboxylic acid groups (broad SMARTS) is 1. The molecule has 20 nitrogen and oxygen atoms in total. The lowest BCUT2D eigenvalue weighted by Crippen LogP contribution is -2.39. The highest BCUT2D eigenvalue weighted by molar-refractivity contribution is 9.11. The van der Waals surface area contributed by atoms with Crippen LogP contribution in [0.25, 0.3) is 32.7 Å². The van der Waals surface area contributed by atoms with E-state index in [0.717, 1.165) is 17.2 Å². The van der Waals surface area contributed by atoms with Crippen LogP contribution < -0.4 is 39.3 Å². The summed E-state index contributed by atoms with van der Waals surface area (Å²) in [6.07, 6.45) is -0.458. The molecular weight excluding hydrogens is 1920 g/mol. The molecule has 1 fully saturated rings. The van der Waals surface area contributed by atoms with Gasteiger partial charge in [0.05, 0.1) is 65.0 Å². The van der Waals surface area contributed by atoms with Gasteiger partial charge in [0.2, 0.25) is 5.91 Å². The normalized spacial score (nSPS) is 11.5. The highest BCUT2D eigenvalue weighted by atomic mass is 79.9. The lowest BCUT2D eigenvalue weighted by molar-refractivity contribution is -0.231. The van der Waals surface area contributed by atoms with Gasteiger partial charge in [-0.1, -0.05) is 64.6 Å². The smallest absolute Gasteiger partial charge is 0.339 e. The number of aryl methyl sites for hydroxylation is 5. The molecule has 0 radical (unpaired) electrons. The lowest BCUT2D eigenvalue weighted by atomic mass is 10.1. The molecule has 1 aliphatic rings. The van der Waals surface area contributed by atoms with Crippen LogP contribution in [0.5, 0.6) is 5.75 Å². The number of carbonyl (C=O) groups excluding carboxylic acids is 4. The minimum absolute atomic E-state index is 0. The maximum atomic E-state index is 13.9. The maximum Gasteiger partial charge on any atom is 0.339 e. The number of aromatic amines is 1. The number of benzene rings is 6. The Morgan fingerprint density at radius 1 is 0.667 bits per heavy atom. The Balaban J connectivity index is 0.00000116. The Morgan fingerprint density at radius 2 is 1.10 bits per heavy atom. The zero-order valence-corrected chi connectivity index (χ0v) is 69.5. The molecule has 4 heterocycles. The minimum atomic E-state index is -3.22. The first kappa shape index (κ1) is 94.9. The number of hydrazine groups is 1. The quantitative estimate of drug-likeness (QED) is 0.00909. The molecule has 9 aromatic rings. The van der Waals surface area contributed by atoms with Gasteiger partial charge in [-0.3, -0.25) is 44.6 Å². The van der Waals surface area contributed by atoms with Crippen molar-refractivity contribution in [3.8, 4) is 5.75 Å². The van der Waals surface area contributed by atoms with Gasteiger partial charge < -0.3 is 47.2 Å². The van der Waals surface area contributed by atoms with Crippen molar-refractivity contribution in [3.63, 3.8) is 0 Å². The van der Waals surface area contributed by atoms with Gasteiger partial charge in [0, 0.05) is 37.5 Å². The van der Waals surface area contributed by atoms with Crippen molar-refractivity contribution < 1.29 is 76.0 Å². The molecule has 556 valence electrons. The van der Waals surface area contributed by atoms with E-state index in [4.69, 9.17) is 63.0 Å². The van der Waals surface area contributed by atoms with Crippen molar-refractivity contribution >= 4 is 261 Å². The number of carbonyl (C=O) groups is 5. The van der Waals surface area contributed by atoms with Crippen molar-refractivity contribution in [2.75, 3.05) is 30.9 Å². The highest BCUT2D eigenvalue weighted by Gasteiger charge is 2.34.